The van der Waals surface area contributed by atoms with Gasteiger partial charge in [-0.2, -0.15) is 11.8 Å². The van der Waals surface area contributed by atoms with Crippen LogP contribution in [0.3, 0.4) is 0 Å². The zero-order chi connectivity index (χ0) is 19.4. The zero-order valence-corrected chi connectivity index (χ0v) is 16.3. The molecule has 0 saturated heterocycles. The first-order valence-corrected chi connectivity index (χ1v) is 10.3. The molecule has 0 fully saturated rings. The van der Waals surface area contributed by atoms with E-state index in [1.165, 1.54) is 16.5 Å². The summed E-state index contributed by atoms with van der Waals surface area (Å²) in [6.07, 6.45) is 3.71. The number of benzene rings is 2. The topological polar surface area (TPSA) is 66.5 Å². The quantitative estimate of drug-likeness (QED) is 0.729. The van der Waals surface area contributed by atoms with Crippen molar-refractivity contribution in [3.8, 4) is 0 Å². The lowest BCUT2D eigenvalue weighted by atomic mass is 10.1. The largest absolute Gasteiger partial charge is 0.322 e. The van der Waals surface area contributed by atoms with E-state index in [9.17, 15) is 14.4 Å². The summed E-state index contributed by atoms with van der Waals surface area (Å²) in [5.41, 5.74) is 2.92. The number of carbonyl (C=O) groups is 3. The highest BCUT2D eigenvalue weighted by Crippen LogP contribution is 2.25. The first-order valence-electron chi connectivity index (χ1n) is 8.94. The van der Waals surface area contributed by atoms with Gasteiger partial charge in [-0.3, -0.25) is 19.3 Å². The van der Waals surface area contributed by atoms with E-state index in [4.69, 9.17) is 0 Å². The Morgan fingerprint density at radius 3 is 2.41 bits per heavy atom. The minimum absolute atomic E-state index is 0.278. The number of amides is 3. The van der Waals surface area contributed by atoms with Crippen LogP contribution in [-0.2, 0) is 5.75 Å². The highest BCUT2D eigenvalue weighted by atomic mass is 32.2. The molecule has 2 aromatic carbocycles. The van der Waals surface area contributed by atoms with Gasteiger partial charge in [0, 0.05) is 23.5 Å². The van der Waals surface area contributed by atoms with Crippen LogP contribution in [0.2, 0.25) is 0 Å². The zero-order valence-electron chi connectivity index (χ0n) is 15.5. The normalized spacial score (nSPS) is 13.0. The molecule has 5 nitrogen and oxygen atoms in total. The molecule has 0 aromatic heterocycles. The van der Waals surface area contributed by atoms with Crippen molar-refractivity contribution in [3.05, 3.63) is 64.7 Å². The van der Waals surface area contributed by atoms with Crippen molar-refractivity contribution in [2.75, 3.05) is 18.1 Å². The summed E-state index contributed by atoms with van der Waals surface area (Å²) in [6.45, 7) is 2.42. The predicted molar refractivity (Wildman–Crippen MR) is 108 cm³/mol. The minimum Gasteiger partial charge on any atom is -0.322 e. The van der Waals surface area contributed by atoms with Crippen LogP contribution in [0.1, 0.15) is 56.4 Å². The van der Waals surface area contributed by atoms with Gasteiger partial charge in [0.15, 0.2) is 0 Å². The van der Waals surface area contributed by atoms with Gasteiger partial charge in [0.25, 0.3) is 17.7 Å². The van der Waals surface area contributed by atoms with Gasteiger partial charge in [-0.25, -0.2) is 0 Å². The number of nitrogens with zero attached hydrogens (tertiary/aromatic N) is 1. The molecule has 3 amide bonds. The summed E-state index contributed by atoms with van der Waals surface area (Å²) in [4.78, 5) is 38.7. The summed E-state index contributed by atoms with van der Waals surface area (Å²) >= 11 is 1.74. The average molecular weight is 382 g/mol. The molecule has 0 aliphatic carbocycles. The predicted octanol–water partition coefficient (Wildman–Crippen LogP) is 4.20. The third-order valence-corrected chi connectivity index (χ3v) is 5.11. The highest BCUT2D eigenvalue weighted by molar-refractivity contribution is 7.97. The average Bonchev–Trinajstić information content (AvgIpc) is 2.92. The molecule has 1 aliphatic rings. The number of anilines is 1. The Kier molecular flexibility index (Phi) is 5.96. The third kappa shape index (κ3) is 4.06. The second kappa shape index (κ2) is 8.39. The summed E-state index contributed by atoms with van der Waals surface area (Å²) in [7, 11) is 0. The lowest BCUT2D eigenvalue weighted by Gasteiger charge is -2.12. The minimum atomic E-state index is -0.320. The van der Waals surface area contributed by atoms with Gasteiger partial charge in [0.1, 0.15) is 0 Å². The maximum atomic E-state index is 12.5. The number of nitrogens with one attached hydrogen (secondary N) is 1. The van der Waals surface area contributed by atoms with E-state index in [0.29, 0.717) is 28.9 Å². The van der Waals surface area contributed by atoms with E-state index in [0.717, 1.165) is 18.6 Å². The van der Waals surface area contributed by atoms with E-state index in [2.05, 4.69) is 5.32 Å². The molecule has 3 rings (SSSR count). The van der Waals surface area contributed by atoms with Crippen LogP contribution < -0.4 is 5.32 Å². The molecule has 0 spiro atoms. The van der Waals surface area contributed by atoms with Gasteiger partial charge in [-0.05, 0) is 48.6 Å². The molecule has 2 aromatic rings. The smallest absolute Gasteiger partial charge is 0.261 e. The van der Waals surface area contributed by atoms with Crippen LogP contribution in [0.15, 0.2) is 42.5 Å². The van der Waals surface area contributed by atoms with Crippen molar-refractivity contribution in [1.29, 1.82) is 0 Å². The number of carbonyl (C=O) groups excluding carboxylic acids is 3. The van der Waals surface area contributed by atoms with Gasteiger partial charge in [0.05, 0.1) is 11.1 Å². The second-order valence-electron chi connectivity index (χ2n) is 6.46. The first kappa shape index (κ1) is 19.2. The number of unbranched alkanes of at least 4 members (excludes halogenated alkanes) is 1. The molecule has 0 unspecified atom stereocenters. The summed E-state index contributed by atoms with van der Waals surface area (Å²) in [6, 6.07) is 12.3. The summed E-state index contributed by atoms with van der Waals surface area (Å²) in [5, 5.41) is 2.83. The number of imide groups is 1. The summed E-state index contributed by atoms with van der Waals surface area (Å²) < 4.78 is 0. The van der Waals surface area contributed by atoms with Crippen molar-refractivity contribution in [2.24, 2.45) is 0 Å². The number of hydrogen-bond donors (Lipinski definition) is 1. The van der Waals surface area contributed by atoms with Crippen molar-refractivity contribution in [1.82, 2.24) is 4.90 Å². The number of rotatable bonds is 7. The molecule has 6 heteroatoms. The fraction of sp³-hybridized carbons (Fsp3) is 0.286. The van der Waals surface area contributed by atoms with Crippen LogP contribution in [0.5, 0.6) is 0 Å². The van der Waals surface area contributed by atoms with Gasteiger partial charge < -0.3 is 5.32 Å². The van der Waals surface area contributed by atoms with Crippen molar-refractivity contribution in [3.63, 3.8) is 0 Å². The van der Waals surface area contributed by atoms with Crippen molar-refractivity contribution >= 4 is 35.2 Å². The Labute approximate surface area is 163 Å². The maximum Gasteiger partial charge on any atom is 0.261 e. The van der Waals surface area contributed by atoms with Crippen LogP contribution >= 0.6 is 11.8 Å². The summed E-state index contributed by atoms with van der Waals surface area (Å²) in [5.74, 6) is 0.0194. The van der Waals surface area contributed by atoms with Crippen LogP contribution in [0.25, 0.3) is 0 Å². The molecule has 0 saturated carbocycles. The van der Waals surface area contributed by atoms with Crippen molar-refractivity contribution < 1.29 is 14.4 Å². The fourth-order valence-electron chi connectivity index (χ4n) is 3.01. The molecule has 0 atom stereocenters. The standard InChI is InChI=1S/C21H22N2O3S/c1-3-4-11-23-20(25)17-10-7-15(12-18(17)21(23)26)19(24)22-16-8-5-14(6-9-16)13-27-2/h5-10,12H,3-4,11,13H2,1-2H3,(H,22,24). The van der Waals surface area contributed by atoms with Crippen LogP contribution in [0.4, 0.5) is 5.69 Å². The second-order valence-corrected chi connectivity index (χ2v) is 7.33. The number of hydrogen-bond acceptors (Lipinski definition) is 4. The molecule has 1 heterocycles. The van der Waals surface area contributed by atoms with E-state index in [-0.39, 0.29) is 17.7 Å². The van der Waals surface area contributed by atoms with Crippen LogP contribution in [0, 0.1) is 0 Å². The highest BCUT2D eigenvalue weighted by Gasteiger charge is 2.35. The Balaban J connectivity index is 1.75. The van der Waals surface area contributed by atoms with E-state index in [1.54, 1.807) is 23.9 Å². The fourth-order valence-corrected chi connectivity index (χ4v) is 3.53. The molecule has 1 N–H and O–H groups in total. The number of fused-ring (bicyclic) bond motifs is 1. The molecular weight excluding hydrogens is 360 g/mol. The third-order valence-electron chi connectivity index (χ3n) is 4.49. The monoisotopic (exact) mass is 382 g/mol. The molecular formula is C21H22N2O3S. The Morgan fingerprint density at radius 1 is 1.04 bits per heavy atom. The van der Waals surface area contributed by atoms with Gasteiger partial charge in [-0.1, -0.05) is 25.5 Å². The molecule has 140 valence electrons. The van der Waals surface area contributed by atoms with E-state index in [1.807, 2.05) is 37.4 Å². The molecule has 0 radical (unpaired) electrons. The Bertz CT molecular complexity index is 877. The maximum absolute atomic E-state index is 12.5. The van der Waals surface area contributed by atoms with Gasteiger partial charge in [-0.15, -0.1) is 0 Å². The Morgan fingerprint density at radius 2 is 1.74 bits per heavy atom. The van der Waals surface area contributed by atoms with Gasteiger partial charge >= 0.3 is 0 Å². The Hall–Kier alpha value is -2.60. The molecule has 1 aliphatic heterocycles. The SMILES string of the molecule is CCCCN1C(=O)c2ccc(C(=O)Nc3ccc(CSC)cc3)cc2C1=O. The number of thioether (sulfide) groups is 1. The van der Waals surface area contributed by atoms with Crippen molar-refractivity contribution in [2.45, 2.75) is 25.5 Å². The first-order chi connectivity index (χ1) is 13.0. The lowest BCUT2D eigenvalue weighted by molar-refractivity contribution is 0.0652. The van der Waals surface area contributed by atoms with Gasteiger partial charge in [0.2, 0.25) is 0 Å². The van der Waals surface area contributed by atoms with E-state index >= 15 is 0 Å². The van der Waals surface area contributed by atoms with Crippen LogP contribution in [-0.4, -0.2) is 35.4 Å². The van der Waals surface area contributed by atoms with E-state index < -0.39 is 0 Å². The molecule has 27 heavy (non-hydrogen) atoms. The lowest BCUT2D eigenvalue weighted by Crippen LogP contribution is -2.30. The molecule has 0 bridgehead atoms.